The first kappa shape index (κ1) is 12.5. The van der Waals surface area contributed by atoms with E-state index >= 15 is 0 Å². The lowest BCUT2D eigenvalue weighted by molar-refractivity contribution is -0.127. The van der Waals surface area contributed by atoms with Gasteiger partial charge in [0.1, 0.15) is 0 Å². The highest BCUT2D eigenvalue weighted by atomic mass is 32.1. The first-order valence-corrected chi connectivity index (χ1v) is 4.84. The van der Waals surface area contributed by atoms with Crippen LogP contribution >= 0.6 is 12.6 Å². The van der Waals surface area contributed by atoms with E-state index in [2.05, 4.69) is 17.9 Å². The Bertz CT molecular complexity index is 202. The maximum absolute atomic E-state index is 11.3. The number of thiol groups is 1. The van der Waals surface area contributed by atoms with E-state index < -0.39 is 6.04 Å². The van der Waals surface area contributed by atoms with E-state index in [0.29, 0.717) is 0 Å². The molecule has 0 saturated heterocycles. The largest absolute Gasteiger partial charge is 0.345 e. The van der Waals surface area contributed by atoms with Gasteiger partial charge in [-0.15, -0.1) is 12.6 Å². The van der Waals surface area contributed by atoms with Crippen LogP contribution in [0.2, 0.25) is 0 Å². The summed E-state index contributed by atoms with van der Waals surface area (Å²) in [6.45, 7) is 7.32. The molecule has 0 aromatic heterocycles. The molecule has 0 fully saturated rings. The summed E-state index contributed by atoms with van der Waals surface area (Å²) in [6.07, 6.45) is 0. The smallest absolute Gasteiger partial charge is 0.223 e. The third kappa shape index (κ3) is 4.31. The van der Waals surface area contributed by atoms with Gasteiger partial charge in [-0.3, -0.25) is 9.59 Å². The van der Waals surface area contributed by atoms with Crippen LogP contribution < -0.4 is 5.32 Å². The lowest BCUT2D eigenvalue weighted by Crippen LogP contribution is -2.44. The van der Waals surface area contributed by atoms with Crippen molar-refractivity contribution in [2.45, 2.75) is 33.7 Å². The molecule has 13 heavy (non-hydrogen) atoms. The molecule has 0 saturated carbocycles. The second-order valence-corrected chi connectivity index (χ2v) is 4.16. The Labute approximate surface area is 84.7 Å². The van der Waals surface area contributed by atoms with Gasteiger partial charge in [-0.2, -0.15) is 0 Å². The van der Waals surface area contributed by atoms with Crippen LogP contribution in [0.4, 0.5) is 0 Å². The van der Waals surface area contributed by atoms with Gasteiger partial charge in [0.05, 0.1) is 6.04 Å². The second-order valence-electron chi connectivity index (χ2n) is 3.72. The highest BCUT2D eigenvalue weighted by molar-refractivity contribution is 7.96. The Morgan fingerprint density at radius 3 is 1.85 bits per heavy atom. The first-order chi connectivity index (χ1) is 5.86. The van der Waals surface area contributed by atoms with Crippen molar-refractivity contribution in [3.63, 3.8) is 0 Å². The Kier molecular flexibility index (Phi) is 5.06. The quantitative estimate of drug-likeness (QED) is 0.675. The third-order valence-corrected chi connectivity index (χ3v) is 2.03. The van der Waals surface area contributed by atoms with Crippen molar-refractivity contribution in [1.29, 1.82) is 0 Å². The standard InChI is InChI=1S/C9H17NO2S/c1-5(2)7(9(12)13)10-8(11)6(3)4/h5-7H,1-4H3,(H,10,11)(H,12,13)/t7-/m0/s1. The van der Waals surface area contributed by atoms with Crippen LogP contribution in [-0.4, -0.2) is 17.1 Å². The zero-order valence-electron chi connectivity index (χ0n) is 8.50. The molecular formula is C9H17NO2S. The fraction of sp³-hybridized carbons (Fsp3) is 0.778. The molecule has 0 spiro atoms. The summed E-state index contributed by atoms with van der Waals surface area (Å²) in [6, 6.07) is -0.474. The van der Waals surface area contributed by atoms with Crippen molar-refractivity contribution >= 4 is 23.7 Å². The zero-order chi connectivity index (χ0) is 10.6. The Hall–Kier alpha value is -0.510. The van der Waals surface area contributed by atoms with E-state index in [0.717, 1.165) is 0 Å². The molecule has 1 amide bonds. The number of carbonyl (C=O) groups is 2. The summed E-state index contributed by atoms with van der Waals surface area (Å²) >= 11 is 3.72. The van der Waals surface area contributed by atoms with E-state index in [-0.39, 0.29) is 22.9 Å². The molecule has 0 aliphatic rings. The second kappa shape index (κ2) is 5.27. The molecular weight excluding hydrogens is 186 g/mol. The Morgan fingerprint density at radius 1 is 1.15 bits per heavy atom. The van der Waals surface area contributed by atoms with Gasteiger partial charge in [0, 0.05) is 5.92 Å². The number of nitrogens with one attached hydrogen (secondary N) is 1. The van der Waals surface area contributed by atoms with Crippen molar-refractivity contribution in [3.8, 4) is 0 Å². The average molecular weight is 203 g/mol. The van der Waals surface area contributed by atoms with Gasteiger partial charge >= 0.3 is 0 Å². The minimum Gasteiger partial charge on any atom is -0.345 e. The molecule has 1 atom stereocenters. The van der Waals surface area contributed by atoms with Crippen LogP contribution in [0.25, 0.3) is 0 Å². The van der Waals surface area contributed by atoms with Crippen LogP contribution in [0.5, 0.6) is 0 Å². The topological polar surface area (TPSA) is 46.2 Å². The van der Waals surface area contributed by atoms with Crippen molar-refractivity contribution in [2.24, 2.45) is 11.8 Å². The van der Waals surface area contributed by atoms with Crippen molar-refractivity contribution in [3.05, 3.63) is 0 Å². The molecule has 3 nitrogen and oxygen atoms in total. The van der Waals surface area contributed by atoms with Crippen molar-refractivity contribution in [1.82, 2.24) is 5.32 Å². The van der Waals surface area contributed by atoms with E-state index in [9.17, 15) is 9.59 Å². The summed E-state index contributed by atoms with van der Waals surface area (Å²) in [5.74, 6) is -0.136. The minimum absolute atomic E-state index is 0.0766. The molecule has 0 radical (unpaired) electrons. The number of hydrogen-bond donors (Lipinski definition) is 2. The van der Waals surface area contributed by atoms with E-state index in [4.69, 9.17) is 0 Å². The summed E-state index contributed by atoms with van der Waals surface area (Å²) in [4.78, 5) is 22.3. The van der Waals surface area contributed by atoms with Gasteiger partial charge in [-0.05, 0) is 5.92 Å². The fourth-order valence-electron chi connectivity index (χ4n) is 0.833. The van der Waals surface area contributed by atoms with Crippen LogP contribution in [0, 0.1) is 11.8 Å². The molecule has 0 aliphatic heterocycles. The van der Waals surface area contributed by atoms with Gasteiger partial charge in [0.2, 0.25) is 11.0 Å². The third-order valence-electron chi connectivity index (χ3n) is 1.75. The maximum Gasteiger partial charge on any atom is 0.223 e. The summed E-state index contributed by atoms with van der Waals surface area (Å²) in [5.41, 5.74) is 0. The highest BCUT2D eigenvalue weighted by Gasteiger charge is 2.22. The van der Waals surface area contributed by atoms with Gasteiger partial charge in [-0.1, -0.05) is 27.7 Å². The number of amides is 1. The Balaban J connectivity index is 4.27. The van der Waals surface area contributed by atoms with Crippen molar-refractivity contribution in [2.75, 3.05) is 0 Å². The Morgan fingerprint density at radius 2 is 1.62 bits per heavy atom. The monoisotopic (exact) mass is 203 g/mol. The lowest BCUT2D eigenvalue weighted by atomic mass is 10.0. The van der Waals surface area contributed by atoms with Crippen LogP contribution in [-0.2, 0) is 9.59 Å². The predicted molar refractivity (Wildman–Crippen MR) is 55.6 cm³/mol. The molecule has 0 heterocycles. The molecule has 0 unspecified atom stereocenters. The first-order valence-electron chi connectivity index (χ1n) is 4.39. The molecule has 4 heteroatoms. The van der Waals surface area contributed by atoms with Gasteiger partial charge < -0.3 is 5.32 Å². The summed E-state index contributed by atoms with van der Waals surface area (Å²) in [7, 11) is 0. The normalized spacial score (nSPS) is 13.2. The van der Waals surface area contributed by atoms with E-state index in [1.54, 1.807) is 13.8 Å². The summed E-state index contributed by atoms with van der Waals surface area (Å²) in [5, 5.41) is 2.36. The van der Waals surface area contributed by atoms with Crippen molar-refractivity contribution < 1.29 is 9.59 Å². The van der Waals surface area contributed by atoms with Gasteiger partial charge in [0.25, 0.3) is 0 Å². The lowest BCUT2D eigenvalue weighted by Gasteiger charge is -2.19. The summed E-state index contributed by atoms with van der Waals surface area (Å²) < 4.78 is 0. The SMILES string of the molecule is CC(C)C(=O)N[C@H](C(=O)S)C(C)C. The molecule has 0 aromatic carbocycles. The number of carbonyl (C=O) groups excluding carboxylic acids is 2. The fourth-order valence-corrected chi connectivity index (χ4v) is 1.20. The van der Waals surface area contributed by atoms with Crippen LogP contribution in [0.1, 0.15) is 27.7 Å². The molecule has 76 valence electrons. The number of hydrogen-bond acceptors (Lipinski definition) is 2. The maximum atomic E-state index is 11.3. The van der Waals surface area contributed by atoms with E-state index in [1.807, 2.05) is 13.8 Å². The van der Waals surface area contributed by atoms with Gasteiger partial charge in [-0.25, -0.2) is 0 Å². The molecule has 1 N–H and O–H groups in total. The molecule has 0 aromatic rings. The van der Waals surface area contributed by atoms with Crippen LogP contribution in [0.15, 0.2) is 0 Å². The zero-order valence-corrected chi connectivity index (χ0v) is 9.39. The predicted octanol–water partition coefficient (Wildman–Crippen LogP) is 1.24. The average Bonchev–Trinajstić information content (AvgIpc) is 1.97. The molecule has 0 aliphatic carbocycles. The van der Waals surface area contributed by atoms with E-state index in [1.165, 1.54) is 0 Å². The minimum atomic E-state index is -0.474. The molecule has 0 rings (SSSR count). The molecule has 0 bridgehead atoms. The highest BCUT2D eigenvalue weighted by Crippen LogP contribution is 2.06. The van der Waals surface area contributed by atoms with Crippen LogP contribution in [0.3, 0.4) is 0 Å². The van der Waals surface area contributed by atoms with Gasteiger partial charge in [0.15, 0.2) is 0 Å². The number of rotatable bonds is 4.